The first-order valence-corrected chi connectivity index (χ1v) is 8.48. The van der Waals surface area contributed by atoms with Gasteiger partial charge in [-0.1, -0.05) is 18.2 Å². The standard InChI is InChI=1S/C16H13NOS2/c18-16-13-6-8-19-15(13)5-7-17(16)9-11-10-20-14-4-2-1-3-12(11)14/h1-8,11H,9-10H2. The molecule has 1 unspecified atom stereocenters. The molecule has 0 bridgehead atoms. The topological polar surface area (TPSA) is 22.0 Å². The Morgan fingerprint density at radius 1 is 1.20 bits per heavy atom. The van der Waals surface area contributed by atoms with Crippen LogP contribution < -0.4 is 5.56 Å². The maximum atomic E-state index is 12.5. The summed E-state index contributed by atoms with van der Waals surface area (Å²) in [5.41, 5.74) is 1.52. The zero-order valence-electron chi connectivity index (χ0n) is 10.8. The van der Waals surface area contributed by atoms with Crippen molar-refractivity contribution >= 4 is 33.2 Å². The van der Waals surface area contributed by atoms with Gasteiger partial charge in [-0.25, -0.2) is 0 Å². The minimum absolute atomic E-state index is 0.137. The highest BCUT2D eigenvalue weighted by Crippen LogP contribution is 2.39. The van der Waals surface area contributed by atoms with Crippen molar-refractivity contribution in [1.82, 2.24) is 4.57 Å². The van der Waals surface area contributed by atoms with Crippen LogP contribution in [-0.2, 0) is 6.54 Å². The maximum absolute atomic E-state index is 12.5. The summed E-state index contributed by atoms with van der Waals surface area (Å²) in [7, 11) is 0. The summed E-state index contributed by atoms with van der Waals surface area (Å²) in [6.07, 6.45) is 1.94. The molecule has 100 valence electrons. The molecule has 3 heterocycles. The smallest absolute Gasteiger partial charge is 0.259 e. The monoisotopic (exact) mass is 299 g/mol. The zero-order chi connectivity index (χ0) is 13.5. The van der Waals surface area contributed by atoms with Crippen LogP contribution in [0.4, 0.5) is 0 Å². The third-order valence-corrected chi connectivity index (χ3v) is 5.94. The van der Waals surface area contributed by atoms with Gasteiger partial charge in [0.2, 0.25) is 0 Å². The van der Waals surface area contributed by atoms with E-state index in [1.807, 2.05) is 34.0 Å². The molecule has 3 aromatic rings. The molecule has 0 radical (unpaired) electrons. The summed E-state index contributed by atoms with van der Waals surface area (Å²) in [6, 6.07) is 12.5. The van der Waals surface area contributed by atoms with Crippen LogP contribution in [0.2, 0.25) is 0 Å². The Kier molecular flexibility index (Phi) is 2.93. The van der Waals surface area contributed by atoms with Crippen molar-refractivity contribution < 1.29 is 0 Å². The molecule has 0 amide bonds. The van der Waals surface area contributed by atoms with Gasteiger partial charge >= 0.3 is 0 Å². The Morgan fingerprint density at radius 2 is 2.10 bits per heavy atom. The van der Waals surface area contributed by atoms with Gasteiger partial charge in [-0.05, 0) is 29.1 Å². The molecule has 2 nitrogen and oxygen atoms in total. The summed E-state index contributed by atoms with van der Waals surface area (Å²) >= 11 is 3.52. The quantitative estimate of drug-likeness (QED) is 0.714. The van der Waals surface area contributed by atoms with Gasteiger partial charge in [0.1, 0.15) is 0 Å². The highest BCUT2D eigenvalue weighted by atomic mass is 32.2. The molecule has 1 aliphatic heterocycles. The summed E-state index contributed by atoms with van der Waals surface area (Å²) in [6.45, 7) is 0.772. The Balaban J connectivity index is 1.72. The number of hydrogen-bond acceptors (Lipinski definition) is 3. The lowest BCUT2D eigenvalue weighted by molar-refractivity contribution is 0.591. The molecule has 1 atom stereocenters. The van der Waals surface area contributed by atoms with Gasteiger partial charge in [-0.2, -0.15) is 0 Å². The molecule has 0 spiro atoms. The molecule has 0 saturated carbocycles. The van der Waals surface area contributed by atoms with E-state index in [0.29, 0.717) is 5.92 Å². The van der Waals surface area contributed by atoms with E-state index >= 15 is 0 Å². The zero-order valence-corrected chi connectivity index (χ0v) is 12.4. The highest BCUT2D eigenvalue weighted by Gasteiger charge is 2.23. The fraction of sp³-hybridized carbons (Fsp3) is 0.188. The van der Waals surface area contributed by atoms with Crippen LogP contribution in [0.15, 0.2) is 57.7 Å². The summed E-state index contributed by atoms with van der Waals surface area (Å²) in [5, 5.41) is 2.83. The first kappa shape index (κ1) is 12.2. The van der Waals surface area contributed by atoms with Crippen molar-refractivity contribution in [1.29, 1.82) is 0 Å². The van der Waals surface area contributed by atoms with Crippen molar-refractivity contribution in [2.45, 2.75) is 17.4 Å². The molecule has 2 aromatic heterocycles. The van der Waals surface area contributed by atoms with Gasteiger partial charge in [0, 0.05) is 34.0 Å². The number of fused-ring (bicyclic) bond motifs is 2. The van der Waals surface area contributed by atoms with E-state index < -0.39 is 0 Å². The van der Waals surface area contributed by atoms with Crippen LogP contribution in [0.3, 0.4) is 0 Å². The average molecular weight is 299 g/mol. The van der Waals surface area contributed by atoms with Gasteiger partial charge in [0.25, 0.3) is 5.56 Å². The lowest BCUT2D eigenvalue weighted by Crippen LogP contribution is -2.22. The first-order chi connectivity index (χ1) is 9.83. The Labute approximate surface area is 125 Å². The SMILES string of the molecule is O=c1c2ccsc2ccn1CC1CSc2ccccc21. The van der Waals surface area contributed by atoms with Crippen molar-refractivity contribution in [3.63, 3.8) is 0 Å². The number of rotatable bonds is 2. The number of hydrogen-bond donors (Lipinski definition) is 0. The summed E-state index contributed by atoms with van der Waals surface area (Å²) in [5.74, 6) is 1.50. The van der Waals surface area contributed by atoms with Crippen LogP contribution in [0, 0.1) is 0 Å². The third-order valence-electron chi connectivity index (χ3n) is 3.81. The Morgan fingerprint density at radius 3 is 3.05 bits per heavy atom. The minimum atomic E-state index is 0.137. The van der Waals surface area contributed by atoms with E-state index in [4.69, 9.17) is 0 Å². The largest absolute Gasteiger partial charge is 0.314 e. The van der Waals surface area contributed by atoms with E-state index in [0.717, 1.165) is 22.4 Å². The van der Waals surface area contributed by atoms with Gasteiger partial charge in [0.05, 0.1) is 5.39 Å². The number of nitrogens with zero attached hydrogens (tertiary/aromatic N) is 1. The van der Waals surface area contributed by atoms with Crippen molar-refractivity contribution in [2.24, 2.45) is 0 Å². The second kappa shape index (κ2) is 4.79. The van der Waals surface area contributed by atoms with Crippen molar-refractivity contribution in [3.05, 3.63) is 63.9 Å². The second-order valence-electron chi connectivity index (χ2n) is 5.02. The predicted octanol–water partition coefficient (Wildman–Crippen LogP) is 3.95. The fourth-order valence-electron chi connectivity index (χ4n) is 2.77. The number of pyridine rings is 1. The van der Waals surface area contributed by atoms with Gasteiger partial charge in [-0.15, -0.1) is 23.1 Å². The average Bonchev–Trinajstić information content (AvgIpc) is 3.10. The fourth-order valence-corrected chi connectivity index (χ4v) is 4.78. The molecular weight excluding hydrogens is 286 g/mol. The summed E-state index contributed by atoms with van der Waals surface area (Å²) in [4.78, 5) is 13.8. The molecule has 0 aliphatic carbocycles. The van der Waals surface area contributed by atoms with E-state index in [2.05, 4.69) is 30.3 Å². The van der Waals surface area contributed by atoms with E-state index in [1.165, 1.54) is 10.5 Å². The number of thiophene rings is 1. The molecule has 1 aliphatic rings. The van der Waals surface area contributed by atoms with Crippen LogP contribution >= 0.6 is 23.1 Å². The molecular formula is C16H13NOS2. The molecule has 1 aromatic carbocycles. The second-order valence-corrected chi connectivity index (χ2v) is 7.03. The van der Waals surface area contributed by atoms with Crippen molar-refractivity contribution in [3.8, 4) is 0 Å². The molecule has 0 saturated heterocycles. The van der Waals surface area contributed by atoms with Crippen LogP contribution in [0.1, 0.15) is 11.5 Å². The summed E-state index contributed by atoms with van der Waals surface area (Å²) < 4.78 is 2.94. The van der Waals surface area contributed by atoms with Crippen molar-refractivity contribution in [2.75, 3.05) is 5.75 Å². The minimum Gasteiger partial charge on any atom is -0.314 e. The van der Waals surface area contributed by atoms with Crippen LogP contribution in [0.5, 0.6) is 0 Å². The van der Waals surface area contributed by atoms with Gasteiger partial charge < -0.3 is 4.57 Å². The predicted molar refractivity (Wildman–Crippen MR) is 86.0 cm³/mol. The van der Waals surface area contributed by atoms with Crippen LogP contribution in [-0.4, -0.2) is 10.3 Å². The number of aromatic nitrogens is 1. The van der Waals surface area contributed by atoms with Gasteiger partial charge in [-0.3, -0.25) is 4.79 Å². The lowest BCUT2D eigenvalue weighted by Gasteiger charge is -2.13. The number of thioether (sulfide) groups is 1. The molecule has 20 heavy (non-hydrogen) atoms. The lowest BCUT2D eigenvalue weighted by atomic mass is 10.0. The Hall–Kier alpha value is -1.52. The highest BCUT2D eigenvalue weighted by molar-refractivity contribution is 7.99. The van der Waals surface area contributed by atoms with E-state index in [9.17, 15) is 4.79 Å². The van der Waals surface area contributed by atoms with Gasteiger partial charge in [0.15, 0.2) is 0 Å². The molecule has 4 rings (SSSR count). The Bertz CT molecular complexity index is 834. The molecule has 0 N–H and O–H groups in total. The van der Waals surface area contributed by atoms with E-state index in [1.54, 1.807) is 11.3 Å². The number of benzene rings is 1. The maximum Gasteiger partial charge on any atom is 0.259 e. The first-order valence-electron chi connectivity index (χ1n) is 6.61. The third kappa shape index (κ3) is 1.91. The molecule has 4 heteroatoms. The normalized spacial score (nSPS) is 17.5. The van der Waals surface area contributed by atoms with Crippen LogP contribution in [0.25, 0.3) is 10.1 Å². The molecule has 0 fully saturated rings. The van der Waals surface area contributed by atoms with E-state index in [-0.39, 0.29) is 5.56 Å².